The van der Waals surface area contributed by atoms with E-state index in [-0.39, 0.29) is 5.91 Å². The van der Waals surface area contributed by atoms with Gasteiger partial charge in [-0.1, -0.05) is 27.7 Å². The second kappa shape index (κ2) is 8.00. The molecule has 0 aromatic carbocycles. The van der Waals surface area contributed by atoms with Crippen LogP contribution in [0.2, 0.25) is 0 Å². The first-order valence-corrected chi connectivity index (χ1v) is 7.14. The summed E-state index contributed by atoms with van der Waals surface area (Å²) in [6.45, 7) is 11.4. The van der Waals surface area contributed by atoms with E-state index in [2.05, 4.69) is 37.9 Å². The summed E-state index contributed by atoms with van der Waals surface area (Å²) in [7, 11) is 0. The molecule has 0 fully saturated rings. The SMILES string of the molecule is CCN(CC)C(CNC(=O)c1ccco1)CC(C)C. The maximum absolute atomic E-state index is 11.9. The van der Waals surface area contributed by atoms with Crippen molar-refractivity contribution in [3.05, 3.63) is 24.2 Å². The Morgan fingerprint density at radius 2 is 2.05 bits per heavy atom. The van der Waals surface area contributed by atoms with Gasteiger partial charge in [0.05, 0.1) is 6.26 Å². The molecule has 1 aromatic rings. The lowest BCUT2D eigenvalue weighted by atomic mass is 10.0. The van der Waals surface area contributed by atoms with Crippen molar-refractivity contribution in [3.63, 3.8) is 0 Å². The monoisotopic (exact) mass is 266 g/mol. The molecule has 4 heteroatoms. The highest BCUT2D eigenvalue weighted by atomic mass is 16.3. The number of furan rings is 1. The Morgan fingerprint density at radius 3 is 2.53 bits per heavy atom. The maximum Gasteiger partial charge on any atom is 0.287 e. The van der Waals surface area contributed by atoms with Gasteiger partial charge in [-0.05, 0) is 37.6 Å². The van der Waals surface area contributed by atoms with E-state index in [9.17, 15) is 4.79 Å². The number of hydrogen-bond donors (Lipinski definition) is 1. The molecule has 1 rings (SSSR count). The van der Waals surface area contributed by atoms with Crippen molar-refractivity contribution in [2.75, 3.05) is 19.6 Å². The van der Waals surface area contributed by atoms with Crippen LogP contribution in [-0.2, 0) is 0 Å². The molecule has 0 radical (unpaired) electrons. The molecule has 1 aromatic heterocycles. The van der Waals surface area contributed by atoms with Gasteiger partial charge in [-0.15, -0.1) is 0 Å². The molecule has 0 aliphatic carbocycles. The molecular formula is C15H26N2O2. The van der Waals surface area contributed by atoms with Crippen LogP contribution in [0.25, 0.3) is 0 Å². The molecule has 19 heavy (non-hydrogen) atoms. The van der Waals surface area contributed by atoms with Gasteiger partial charge in [0.25, 0.3) is 5.91 Å². The van der Waals surface area contributed by atoms with Gasteiger partial charge in [0.15, 0.2) is 5.76 Å². The van der Waals surface area contributed by atoms with Crippen molar-refractivity contribution in [2.45, 2.75) is 40.2 Å². The average Bonchev–Trinajstić information content (AvgIpc) is 2.90. The number of rotatable bonds is 8. The van der Waals surface area contributed by atoms with E-state index in [1.807, 2.05) is 0 Å². The zero-order valence-corrected chi connectivity index (χ0v) is 12.5. The van der Waals surface area contributed by atoms with Crippen molar-refractivity contribution < 1.29 is 9.21 Å². The van der Waals surface area contributed by atoms with Crippen LogP contribution in [0.5, 0.6) is 0 Å². The first kappa shape index (κ1) is 15.8. The van der Waals surface area contributed by atoms with Crippen LogP contribution in [0.3, 0.4) is 0 Å². The van der Waals surface area contributed by atoms with Crippen LogP contribution >= 0.6 is 0 Å². The molecule has 0 spiro atoms. The van der Waals surface area contributed by atoms with E-state index in [1.54, 1.807) is 12.1 Å². The van der Waals surface area contributed by atoms with Gasteiger partial charge in [0.2, 0.25) is 0 Å². The van der Waals surface area contributed by atoms with Crippen molar-refractivity contribution in [1.82, 2.24) is 10.2 Å². The Morgan fingerprint density at radius 1 is 1.37 bits per heavy atom. The predicted octanol–water partition coefficient (Wildman–Crippen LogP) is 2.77. The highest BCUT2D eigenvalue weighted by Gasteiger charge is 2.18. The summed E-state index contributed by atoms with van der Waals surface area (Å²) in [6, 6.07) is 3.80. The van der Waals surface area contributed by atoms with Crippen LogP contribution in [0.1, 0.15) is 44.7 Å². The number of amides is 1. The van der Waals surface area contributed by atoms with Crippen LogP contribution in [0, 0.1) is 5.92 Å². The summed E-state index contributed by atoms with van der Waals surface area (Å²) >= 11 is 0. The molecule has 0 saturated carbocycles. The largest absolute Gasteiger partial charge is 0.459 e. The van der Waals surface area contributed by atoms with Crippen molar-refractivity contribution in [1.29, 1.82) is 0 Å². The van der Waals surface area contributed by atoms with E-state index in [0.29, 0.717) is 24.3 Å². The molecule has 1 N–H and O–H groups in total. The Balaban J connectivity index is 2.54. The summed E-state index contributed by atoms with van der Waals surface area (Å²) in [6.07, 6.45) is 2.60. The molecule has 0 bridgehead atoms. The minimum absolute atomic E-state index is 0.133. The standard InChI is InChI=1S/C15H26N2O2/c1-5-17(6-2)13(10-12(3)4)11-16-15(18)14-8-7-9-19-14/h7-9,12-13H,5-6,10-11H2,1-4H3,(H,16,18). The zero-order valence-electron chi connectivity index (χ0n) is 12.5. The maximum atomic E-state index is 11.9. The molecule has 1 unspecified atom stereocenters. The molecule has 108 valence electrons. The first-order chi connectivity index (χ1) is 9.08. The van der Waals surface area contributed by atoms with Crippen molar-refractivity contribution in [2.24, 2.45) is 5.92 Å². The molecule has 4 nitrogen and oxygen atoms in total. The summed E-state index contributed by atoms with van der Waals surface area (Å²) in [5.74, 6) is 0.861. The second-order valence-electron chi connectivity index (χ2n) is 5.19. The van der Waals surface area contributed by atoms with E-state index < -0.39 is 0 Å². The average molecular weight is 266 g/mol. The van der Waals surface area contributed by atoms with Crippen molar-refractivity contribution >= 4 is 5.91 Å². The number of carbonyl (C=O) groups excluding carboxylic acids is 1. The third-order valence-electron chi connectivity index (χ3n) is 3.32. The van der Waals surface area contributed by atoms with E-state index in [0.717, 1.165) is 19.5 Å². The van der Waals surface area contributed by atoms with Gasteiger partial charge in [-0.3, -0.25) is 9.69 Å². The Kier molecular flexibility index (Phi) is 6.64. The van der Waals surface area contributed by atoms with Crippen molar-refractivity contribution in [3.8, 4) is 0 Å². The van der Waals surface area contributed by atoms with Gasteiger partial charge in [-0.2, -0.15) is 0 Å². The molecule has 1 atom stereocenters. The topological polar surface area (TPSA) is 45.5 Å². The third kappa shape index (κ3) is 5.07. The third-order valence-corrected chi connectivity index (χ3v) is 3.32. The van der Waals surface area contributed by atoms with Gasteiger partial charge in [0.1, 0.15) is 0 Å². The fraction of sp³-hybridized carbons (Fsp3) is 0.667. The Labute approximate surface area is 116 Å². The molecule has 1 heterocycles. The summed E-state index contributed by atoms with van der Waals surface area (Å²) < 4.78 is 5.10. The van der Waals surface area contributed by atoms with Crippen LogP contribution in [-0.4, -0.2) is 36.5 Å². The molecule has 0 aliphatic rings. The lowest BCUT2D eigenvalue weighted by molar-refractivity contribution is 0.0901. The highest BCUT2D eigenvalue weighted by Crippen LogP contribution is 2.11. The van der Waals surface area contributed by atoms with Gasteiger partial charge in [-0.25, -0.2) is 0 Å². The smallest absolute Gasteiger partial charge is 0.287 e. The summed E-state index contributed by atoms with van der Waals surface area (Å²) in [5.41, 5.74) is 0. The molecule has 1 amide bonds. The number of hydrogen-bond acceptors (Lipinski definition) is 3. The minimum Gasteiger partial charge on any atom is -0.459 e. The molecule has 0 saturated heterocycles. The fourth-order valence-corrected chi connectivity index (χ4v) is 2.35. The number of nitrogens with zero attached hydrogens (tertiary/aromatic N) is 1. The van der Waals surface area contributed by atoms with Gasteiger partial charge >= 0.3 is 0 Å². The number of carbonyl (C=O) groups is 1. The Bertz CT molecular complexity index is 356. The number of nitrogens with one attached hydrogen (secondary N) is 1. The van der Waals surface area contributed by atoms with Crippen LogP contribution in [0.4, 0.5) is 0 Å². The Hall–Kier alpha value is -1.29. The minimum atomic E-state index is -0.133. The molecule has 0 aliphatic heterocycles. The number of likely N-dealkylation sites (N-methyl/N-ethyl adjacent to an activating group) is 1. The molecular weight excluding hydrogens is 240 g/mol. The lowest BCUT2D eigenvalue weighted by Crippen LogP contribution is -2.44. The first-order valence-electron chi connectivity index (χ1n) is 7.14. The van der Waals surface area contributed by atoms with Gasteiger partial charge in [0, 0.05) is 12.6 Å². The predicted molar refractivity (Wildman–Crippen MR) is 77.2 cm³/mol. The zero-order chi connectivity index (χ0) is 14.3. The van der Waals surface area contributed by atoms with Crippen LogP contribution in [0.15, 0.2) is 22.8 Å². The summed E-state index contributed by atoms with van der Waals surface area (Å²) in [5, 5.41) is 2.97. The van der Waals surface area contributed by atoms with E-state index in [1.165, 1.54) is 6.26 Å². The van der Waals surface area contributed by atoms with E-state index >= 15 is 0 Å². The highest BCUT2D eigenvalue weighted by molar-refractivity contribution is 5.91. The van der Waals surface area contributed by atoms with Crippen LogP contribution < -0.4 is 5.32 Å². The van der Waals surface area contributed by atoms with Gasteiger partial charge < -0.3 is 9.73 Å². The normalized spacial score (nSPS) is 12.9. The quantitative estimate of drug-likeness (QED) is 0.787. The van der Waals surface area contributed by atoms with E-state index in [4.69, 9.17) is 4.42 Å². The summed E-state index contributed by atoms with van der Waals surface area (Å²) in [4.78, 5) is 14.3. The fourth-order valence-electron chi connectivity index (χ4n) is 2.35. The lowest BCUT2D eigenvalue weighted by Gasteiger charge is -2.31. The second-order valence-corrected chi connectivity index (χ2v) is 5.19.